The van der Waals surface area contributed by atoms with Crippen LogP contribution in [0.15, 0.2) is 48.8 Å². The molecule has 0 unspecified atom stereocenters. The number of nitrogens with zero attached hydrogens (tertiary/aromatic N) is 2. The lowest BCUT2D eigenvalue weighted by Crippen LogP contribution is -1.88. The molecule has 0 radical (unpaired) electrons. The summed E-state index contributed by atoms with van der Waals surface area (Å²) in [5.74, 6) is 0. The molecule has 0 fully saturated rings. The molecule has 1 N–H and O–H groups in total. The van der Waals surface area contributed by atoms with Crippen molar-refractivity contribution in [3.05, 3.63) is 59.4 Å². The van der Waals surface area contributed by atoms with Gasteiger partial charge in [0.15, 0.2) is 0 Å². The van der Waals surface area contributed by atoms with Gasteiger partial charge in [0, 0.05) is 23.0 Å². The lowest BCUT2D eigenvalue weighted by Gasteiger charge is -1.96. The lowest BCUT2D eigenvalue weighted by atomic mass is 10.2. The van der Waals surface area contributed by atoms with Crippen LogP contribution < -0.4 is 0 Å². The quantitative estimate of drug-likeness (QED) is 0.767. The number of aliphatic hydroxyl groups is 1. The summed E-state index contributed by atoms with van der Waals surface area (Å²) in [5.41, 5.74) is 3.63. The molecule has 0 saturated heterocycles. The minimum absolute atomic E-state index is 0.0321. The van der Waals surface area contributed by atoms with Gasteiger partial charge < -0.3 is 9.51 Å². The van der Waals surface area contributed by atoms with Crippen molar-refractivity contribution in [2.75, 3.05) is 0 Å². The van der Waals surface area contributed by atoms with Crippen molar-refractivity contribution >= 4 is 17.2 Å². The fraction of sp³-hybridized carbons (Fsp3) is 0.0714. The highest BCUT2D eigenvalue weighted by atomic mass is 35.5. The Bertz CT molecular complexity index is 689. The normalized spacial score (nSPS) is 11.0. The van der Waals surface area contributed by atoms with E-state index in [4.69, 9.17) is 16.7 Å². The molecule has 3 rings (SSSR count). The minimum Gasteiger partial charge on any atom is -0.392 e. The highest BCUT2D eigenvalue weighted by molar-refractivity contribution is 6.30. The second-order valence-electron chi connectivity index (χ2n) is 4.09. The number of benzene rings is 1. The molecule has 18 heavy (non-hydrogen) atoms. The van der Waals surface area contributed by atoms with Crippen LogP contribution in [0.5, 0.6) is 0 Å². The van der Waals surface area contributed by atoms with E-state index in [0.29, 0.717) is 5.02 Å². The maximum Gasteiger partial charge on any atom is 0.137 e. The van der Waals surface area contributed by atoms with Crippen molar-refractivity contribution in [3.8, 4) is 11.3 Å². The van der Waals surface area contributed by atoms with E-state index in [-0.39, 0.29) is 6.61 Å². The first-order valence-electron chi connectivity index (χ1n) is 5.61. The van der Waals surface area contributed by atoms with Crippen LogP contribution in [-0.2, 0) is 6.61 Å². The molecule has 0 saturated carbocycles. The Kier molecular flexibility index (Phi) is 2.78. The summed E-state index contributed by atoms with van der Waals surface area (Å²) in [7, 11) is 0. The van der Waals surface area contributed by atoms with Crippen molar-refractivity contribution in [2.45, 2.75) is 6.61 Å². The fourth-order valence-electron chi connectivity index (χ4n) is 1.89. The van der Waals surface area contributed by atoms with Crippen molar-refractivity contribution in [1.29, 1.82) is 0 Å². The highest BCUT2D eigenvalue weighted by Crippen LogP contribution is 2.21. The van der Waals surface area contributed by atoms with Gasteiger partial charge in [-0.25, -0.2) is 4.98 Å². The van der Waals surface area contributed by atoms with Crippen LogP contribution in [0, 0.1) is 0 Å². The summed E-state index contributed by atoms with van der Waals surface area (Å²) >= 11 is 5.86. The smallest absolute Gasteiger partial charge is 0.137 e. The molecule has 0 aliphatic rings. The molecule has 0 spiro atoms. The van der Waals surface area contributed by atoms with E-state index >= 15 is 0 Å². The van der Waals surface area contributed by atoms with Gasteiger partial charge in [0.25, 0.3) is 0 Å². The van der Waals surface area contributed by atoms with Gasteiger partial charge in [0.1, 0.15) is 5.65 Å². The predicted molar refractivity (Wildman–Crippen MR) is 71.6 cm³/mol. The zero-order valence-corrected chi connectivity index (χ0v) is 10.3. The zero-order chi connectivity index (χ0) is 12.5. The van der Waals surface area contributed by atoms with Crippen LogP contribution in [0.1, 0.15) is 5.56 Å². The molecule has 2 aromatic heterocycles. The Morgan fingerprint density at radius 3 is 2.56 bits per heavy atom. The zero-order valence-electron chi connectivity index (χ0n) is 9.55. The van der Waals surface area contributed by atoms with Gasteiger partial charge in [-0.05, 0) is 23.8 Å². The van der Waals surface area contributed by atoms with Crippen LogP contribution in [-0.4, -0.2) is 14.5 Å². The molecular formula is C14H11ClN2O. The van der Waals surface area contributed by atoms with E-state index in [1.165, 1.54) is 0 Å². The van der Waals surface area contributed by atoms with Crippen LogP contribution >= 0.6 is 11.6 Å². The van der Waals surface area contributed by atoms with Gasteiger partial charge in [0.2, 0.25) is 0 Å². The fourth-order valence-corrected chi connectivity index (χ4v) is 2.02. The topological polar surface area (TPSA) is 37.5 Å². The summed E-state index contributed by atoms with van der Waals surface area (Å²) in [6, 6.07) is 11.3. The molecular weight excluding hydrogens is 248 g/mol. The van der Waals surface area contributed by atoms with Crippen LogP contribution in [0.2, 0.25) is 5.02 Å². The minimum atomic E-state index is 0.0321. The van der Waals surface area contributed by atoms with Crippen LogP contribution in [0.3, 0.4) is 0 Å². The number of pyridine rings is 1. The Labute approximate surface area is 109 Å². The number of rotatable bonds is 2. The van der Waals surface area contributed by atoms with E-state index in [1.54, 1.807) is 0 Å². The summed E-state index contributed by atoms with van der Waals surface area (Å²) in [6.07, 6.45) is 3.82. The van der Waals surface area contributed by atoms with Crippen molar-refractivity contribution in [3.63, 3.8) is 0 Å². The van der Waals surface area contributed by atoms with Crippen LogP contribution in [0.4, 0.5) is 0 Å². The van der Waals surface area contributed by atoms with E-state index in [1.807, 2.05) is 53.2 Å². The first kappa shape index (κ1) is 11.3. The Balaban J connectivity index is 2.10. The van der Waals surface area contributed by atoms with E-state index in [9.17, 15) is 0 Å². The molecule has 1 aromatic carbocycles. The number of fused-ring (bicyclic) bond motifs is 1. The van der Waals surface area contributed by atoms with Gasteiger partial charge in [-0.2, -0.15) is 0 Å². The molecule has 0 aliphatic heterocycles. The lowest BCUT2D eigenvalue weighted by molar-refractivity contribution is 0.281. The van der Waals surface area contributed by atoms with Gasteiger partial charge >= 0.3 is 0 Å². The van der Waals surface area contributed by atoms with Gasteiger partial charge in [-0.1, -0.05) is 29.8 Å². The number of hydrogen-bond acceptors (Lipinski definition) is 2. The number of imidazole rings is 1. The molecule has 3 nitrogen and oxygen atoms in total. The maximum absolute atomic E-state index is 9.10. The van der Waals surface area contributed by atoms with Crippen molar-refractivity contribution < 1.29 is 5.11 Å². The standard InChI is InChI=1S/C14H11ClN2O/c15-12-4-2-11(3-5-12)13-8-17-7-10(9-18)1-6-14(17)16-13/h1-8,18H,9H2. The Morgan fingerprint density at radius 2 is 1.83 bits per heavy atom. The summed E-state index contributed by atoms with van der Waals surface area (Å²) in [5, 5.41) is 9.82. The summed E-state index contributed by atoms with van der Waals surface area (Å²) in [6.45, 7) is 0.0321. The average Bonchev–Trinajstić information content (AvgIpc) is 2.82. The first-order chi connectivity index (χ1) is 8.76. The van der Waals surface area contributed by atoms with E-state index < -0.39 is 0 Å². The molecule has 0 atom stereocenters. The molecule has 0 amide bonds. The maximum atomic E-state index is 9.10. The van der Waals surface area contributed by atoms with E-state index in [0.717, 1.165) is 22.5 Å². The Hall–Kier alpha value is -1.84. The second-order valence-corrected chi connectivity index (χ2v) is 4.53. The second kappa shape index (κ2) is 4.44. The number of halogens is 1. The van der Waals surface area contributed by atoms with Crippen LogP contribution in [0.25, 0.3) is 16.9 Å². The monoisotopic (exact) mass is 258 g/mol. The number of hydrogen-bond donors (Lipinski definition) is 1. The molecule has 90 valence electrons. The van der Waals surface area contributed by atoms with E-state index in [2.05, 4.69) is 4.98 Å². The van der Waals surface area contributed by atoms with Gasteiger partial charge in [-0.15, -0.1) is 0 Å². The third kappa shape index (κ3) is 1.98. The number of aromatic nitrogens is 2. The van der Waals surface area contributed by atoms with Gasteiger partial charge in [-0.3, -0.25) is 0 Å². The predicted octanol–water partition coefficient (Wildman–Crippen LogP) is 3.15. The number of aliphatic hydroxyl groups excluding tert-OH is 1. The Morgan fingerprint density at radius 1 is 1.06 bits per heavy atom. The third-order valence-electron chi connectivity index (χ3n) is 2.83. The van der Waals surface area contributed by atoms with Crippen molar-refractivity contribution in [1.82, 2.24) is 9.38 Å². The molecule has 2 heterocycles. The molecule has 3 aromatic rings. The summed E-state index contributed by atoms with van der Waals surface area (Å²) in [4.78, 5) is 4.53. The molecule has 0 bridgehead atoms. The largest absolute Gasteiger partial charge is 0.392 e. The molecule has 4 heteroatoms. The third-order valence-corrected chi connectivity index (χ3v) is 3.09. The van der Waals surface area contributed by atoms with Crippen molar-refractivity contribution in [2.24, 2.45) is 0 Å². The molecule has 0 aliphatic carbocycles. The average molecular weight is 259 g/mol. The summed E-state index contributed by atoms with van der Waals surface area (Å²) < 4.78 is 1.91. The SMILES string of the molecule is OCc1ccc2nc(-c3ccc(Cl)cc3)cn2c1. The van der Waals surface area contributed by atoms with Gasteiger partial charge in [0.05, 0.1) is 12.3 Å². The first-order valence-corrected chi connectivity index (χ1v) is 5.98. The highest BCUT2D eigenvalue weighted by Gasteiger charge is 2.04.